The average molecular weight is 200 g/mol. The van der Waals surface area contributed by atoms with Gasteiger partial charge in [-0.2, -0.15) is 0 Å². The SMILES string of the molecule is CCCCCC(C)NC(=O)N(C)CC. The number of urea groups is 1. The van der Waals surface area contributed by atoms with Gasteiger partial charge in [0.15, 0.2) is 0 Å². The van der Waals surface area contributed by atoms with Gasteiger partial charge in [0.25, 0.3) is 0 Å². The van der Waals surface area contributed by atoms with Crippen LogP contribution in [0.3, 0.4) is 0 Å². The predicted octanol–water partition coefficient (Wildman–Crippen LogP) is 2.62. The lowest BCUT2D eigenvalue weighted by atomic mass is 10.1. The van der Waals surface area contributed by atoms with E-state index in [-0.39, 0.29) is 6.03 Å². The van der Waals surface area contributed by atoms with Gasteiger partial charge in [-0.05, 0) is 20.3 Å². The molecule has 0 aliphatic rings. The van der Waals surface area contributed by atoms with Crippen LogP contribution in [-0.2, 0) is 0 Å². The molecule has 0 rings (SSSR count). The summed E-state index contributed by atoms with van der Waals surface area (Å²) in [4.78, 5) is 13.1. The Morgan fingerprint density at radius 1 is 1.36 bits per heavy atom. The molecule has 1 N–H and O–H groups in total. The van der Waals surface area contributed by atoms with Gasteiger partial charge >= 0.3 is 6.03 Å². The van der Waals surface area contributed by atoms with Gasteiger partial charge in [0.1, 0.15) is 0 Å². The number of carbonyl (C=O) groups is 1. The summed E-state index contributed by atoms with van der Waals surface area (Å²) in [5.74, 6) is 0. The first-order valence-electron chi connectivity index (χ1n) is 5.63. The van der Waals surface area contributed by atoms with Crippen molar-refractivity contribution in [3.8, 4) is 0 Å². The summed E-state index contributed by atoms with van der Waals surface area (Å²) in [5.41, 5.74) is 0. The van der Waals surface area contributed by atoms with Crippen LogP contribution in [0.1, 0.15) is 46.5 Å². The number of rotatable bonds is 6. The molecule has 0 bridgehead atoms. The first-order valence-corrected chi connectivity index (χ1v) is 5.63. The third kappa shape index (κ3) is 5.84. The van der Waals surface area contributed by atoms with Crippen molar-refractivity contribution in [3.63, 3.8) is 0 Å². The lowest BCUT2D eigenvalue weighted by Crippen LogP contribution is -2.41. The molecule has 0 aromatic heterocycles. The standard InChI is InChI=1S/C11H24N2O/c1-5-7-8-9-10(3)12-11(14)13(4)6-2/h10H,5-9H2,1-4H3,(H,12,14). The third-order valence-corrected chi connectivity index (χ3v) is 2.43. The molecule has 2 amide bonds. The molecule has 0 aromatic rings. The van der Waals surface area contributed by atoms with Gasteiger partial charge in [0, 0.05) is 19.6 Å². The zero-order valence-electron chi connectivity index (χ0n) is 9.97. The van der Waals surface area contributed by atoms with E-state index in [4.69, 9.17) is 0 Å². The van der Waals surface area contributed by atoms with Crippen LogP contribution in [0.25, 0.3) is 0 Å². The Bertz CT molecular complexity index is 159. The summed E-state index contributed by atoms with van der Waals surface area (Å²) in [6.07, 6.45) is 4.77. The van der Waals surface area contributed by atoms with Gasteiger partial charge in [0.2, 0.25) is 0 Å². The highest BCUT2D eigenvalue weighted by atomic mass is 16.2. The largest absolute Gasteiger partial charge is 0.336 e. The van der Waals surface area contributed by atoms with E-state index in [1.807, 2.05) is 14.0 Å². The Balaban J connectivity index is 3.60. The first-order chi connectivity index (χ1) is 6.61. The lowest BCUT2D eigenvalue weighted by molar-refractivity contribution is 0.207. The maximum absolute atomic E-state index is 11.4. The number of unbranched alkanes of at least 4 members (excludes halogenated alkanes) is 2. The zero-order chi connectivity index (χ0) is 11.0. The molecular weight excluding hydrogens is 176 g/mol. The fraction of sp³-hybridized carbons (Fsp3) is 0.909. The van der Waals surface area contributed by atoms with Crippen molar-refractivity contribution in [1.29, 1.82) is 0 Å². The molecule has 1 unspecified atom stereocenters. The minimum Gasteiger partial charge on any atom is -0.336 e. The van der Waals surface area contributed by atoms with Gasteiger partial charge in [-0.1, -0.05) is 26.2 Å². The lowest BCUT2D eigenvalue weighted by Gasteiger charge is -2.19. The summed E-state index contributed by atoms with van der Waals surface area (Å²) in [5, 5.41) is 2.98. The minimum atomic E-state index is 0.0384. The van der Waals surface area contributed by atoms with E-state index in [0.29, 0.717) is 6.04 Å². The summed E-state index contributed by atoms with van der Waals surface area (Å²) in [6.45, 7) is 6.99. The molecule has 0 saturated heterocycles. The summed E-state index contributed by atoms with van der Waals surface area (Å²) in [6, 6.07) is 0.333. The predicted molar refractivity (Wildman–Crippen MR) is 60.4 cm³/mol. The molecule has 84 valence electrons. The number of amides is 2. The van der Waals surface area contributed by atoms with Crippen LogP contribution in [0.5, 0.6) is 0 Å². The Labute approximate surface area is 87.9 Å². The van der Waals surface area contributed by atoms with E-state index in [2.05, 4.69) is 19.2 Å². The van der Waals surface area contributed by atoms with Crippen LogP contribution < -0.4 is 5.32 Å². The molecule has 0 heterocycles. The van der Waals surface area contributed by atoms with E-state index in [1.165, 1.54) is 19.3 Å². The highest BCUT2D eigenvalue weighted by Crippen LogP contribution is 2.03. The van der Waals surface area contributed by atoms with Gasteiger partial charge in [-0.15, -0.1) is 0 Å². The van der Waals surface area contributed by atoms with Crippen molar-refractivity contribution in [2.24, 2.45) is 0 Å². The smallest absolute Gasteiger partial charge is 0.317 e. The van der Waals surface area contributed by atoms with Crippen LogP contribution in [-0.4, -0.2) is 30.6 Å². The second-order valence-corrected chi connectivity index (χ2v) is 3.86. The van der Waals surface area contributed by atoms with Crippen LogP contribution in [0, 0.1) is 0 Å². The molecule has 0 saturated carbocycles. The van der Waals surface area contributed by atoms with Crippen LogP contribution in [0.15, 0.2) is 0 Å². The summed E-state index contributed by atoms with van der Waals surface area (Å²) >= 11 is 0. The molecule has 3 heteroatoms. The van der Waals surface area contributed by atoms with Gasteiger partial charge in [-0.3, -0.25) is 0 Å². The average Bonchev–Trinajstić information content (AvgIpc) is 2.16. The van der Waals surface area contributed by atoms with Gasteiger partial charge < -0.3 is 10.2 Å². The van der Waals surface area contributed by atoms with Crippen molar-refractivity contribution in [3.05, 3.63) is 0 Å². The highest BCUT2D eigenvalue weighted by Gasteiger charge is 2.09. The number of nitrogens with zero attached hydrogens (tertiary/aromatic N) is 1. The Morgan fingerprint density at radius 2 is 2.00 bits per heavy atom. The Hall–Kier alpha value is -0.730. The molecule has 1 atom stereocenters. The van der Waals surface area contributed by atoms with E-state index >= 15 is 0 Å². The van der Waals surface area contributed by atoms with Crippen LogP contribution in [0.2, 0.25) is 0 Å². The van der Waals surface area contributed by atoms with Crippen molar-refractivity contribution < 1.29 is 4.79 Å². The third-order valence-electron chi connectivity index (χ3n) is 2.43. The van der Waals surface area contributed by atoms with Crippen molar-refractivity contribution >= 4 is 6.03 Å². The molecule has 3 nitrogen and oxygen atoms in total. The van der Waals surface area contributed by atoms with Gasteiger partial charge in [-0.25, -0.2) is 4.79 Å². The Morgan fingerprint density at radius 3 is 2.50 bits per heavy atom. The molecule has 0 radical (unpaired) electrons. The van der Waals surface area contributed by atoms with Crippen molar-refractivity contribution in [2.75, 3.05) is 13.6 Å². The first kappa shape index (κ1) is 13.3. The minimum absolute atomic E-state index is 0.0384. The molecule has 0 spiro atoms. The molecule has 0 aliphatic heterocycles. The topological polar surface area (TPSA) is 32.3 Å². The summed E-state index contributed by atoms with van der Waals surface area (Å²) < 4.78 is 0. The maximum Gasteiger partial charge on any atom is 0.317 e. The quantitative estimate of drug-likeness (QED) is 0.657. The fourth-order valence-corrected chi connectivity index (χ4v) is 1.24. The number of nitrogens with one attached hydrogen (secondary N) is 1. The zero-order valence-corrected chi connectivity index (χ0v) is 9.97. The second kappa shape index (κ2) is 7.65. The molecule has 0 aliphatic carbocycles. The molecule has 0 fully saturated rings. The maximum atomic E-state index is 11.4. The summed E-state index contributed by atoms with van der Waals surface area (Å²) in [7, 11) is 1.81. The molecular formula is C11H24N2O. The number of hydrogen-bond donors (Lipinski definition) is 1. The van der Waals surface area contributed by atoms with Gasteiger partial charge in [0.05, 0.1) is 0 Å². The van der Waals surface area contributed by atoms with E-state index < -0.39 is 0 Å². The van der Waals surface area contributed by atoms with Crippen LogP contribution >= 0.6 is 0 Å². The second-order valence-electron chi connectivity index (χ2n) is 3.86. The Kier molecular flexibility index (Phi) is 7.25. The monoisotopic (exact) mass is 200 g/mol. The fourth-order valence-electron chi connectivity index (χ4n) is 1.24. The van der Waals surface area contributed by atoms with Crippen LogP contribution in [0.4, 0.5) is 4.79 Å². The van der Waals surface area contributed by atoms with Crippen molar-refractivity contribution in [1.82, 2.24) is 10.2 Å². The highest BCUT2D eigenvalue weighted by molar-refractivity contribution is 5.74. The van der Waals surface area contributed by atoms with Crippen molar-refractivity contribution in [2.45, 2.75) is 52.5 Å². The van der Waals surface area contributed by atoms with E-state index in [0.717, 1.165) is 13.0 Å². The number of carbonyl (C=O) groups excluding carboxylic acids is 1. The molecule has 0 aromatic carbocycles. The normalized spacial score (nSPS) is 12.3. The van der Waals surface area contributed by atoms with E-state index in [1.54, 1.807) is 4.90 Å². The van der Waals surface area contributed by atoms with E-state index in [9.17, 15) is 4.79 Å². The molecule has 14 heavy (non-hydrogen) atoms. The number of hydrogen-bond acceptors (Lipinski definition) is 1.